The first-order valence-corrected chi connectivity index (χ1v) is 5.54. The predicted molar refractivity (Wildman–Crippen MR) is 64.5 cm³/mol. The summed E-state index contributed by atoms with van der Waals surface area (Å²) in [6.45, 7) is 4.23. The molecule has 16 heavy (non-hydrogen) atoms. The Kier molecular flexibility index (Phi) is 1.73. The zero-order chi connectivity index (χ0) is 11.3. The van der Waals surface area contributed by atoms with Crippen LogP contribution >= 0.6 is 0 Å². The third-order valence-corrected chi connectivity index (χ3v) is 3.23. The predicted octanol–water partition coefficient (Wildman–Crippen LogP) is 3.32. The van der Waals surface area contributed by atoms with Crippen LogP contribution < -0.4 is 4.74 Å². The lowest BCUT2D eigenvalue weighted by Crippen LogP contribution is -2.29. The average Bonchev–Trinajstić information content (AvgIpc) is 2.61. The van der Waals surface area contributed by atoms with Crippen LogP contribution in [-0.4, -0.2) is 4.57 Å². The number of nitrogens with zero attached hydrogens (tertiary/aromatic N) is 1. The smallest absolute Gasteiger partial charge is 0.130 e. The molecule has 0 amide bonds. The van der Waals surface area contributed by atoms with Gasteiger partial charge in [-0.15, -0.1) is 0 Å². The van der Waals surface area contributed by atoms with E-state index < -0.39 is 0 Å². The van der Waals surface area contributed by atoms with Gasteiger partial charge >= 0.3 is 0 Å². The Morgan fingerprint density at radius 1 is 1.12 bits per heavy atom. The Morgan fingerprint density at radius 2 is 1.88 bits per heavy atom. The molecule has 1 aromatic heterocycles. The fraction of sp³-hybridized carbons (Fsp3) is 0.286. The molecule has 2 heterocycles. The second-order valence-corrected chi connectivity index (χ2v) is 4.80. The first kappa shape index (κ1) is 9.52. The van der Waals surface area contributed by atoms with E-state index in [0.717, 1.165) is 5.75 Å². The third kappa shape index (κ3) is 1.13. The van der Waals surface area contributed by atoms with Crippen LogP contribution in [0.2, 0.25) is 0 Å². The van der Waals surface area contributed by atoms with Crippen molar-refractivity contribution in [3.63, 3.8) is 0 Å². The lowest BCUT2D eigenvalue weighted by Gasteiger charge is -2.33. The summed E-state index contributed by atoms with van der Waals surface area (Å²) in [5.41, 5.74) is 3.47. The van der Waals surface area contributed by atoms with E-state index in [1.807, 2.05) is 12.1 Å². The summed E-state index contributed by atoms with van der Waals surface area (Å²) >= 11 is 0. The molecule has 0 saturated heterocycles. The summed E-state index contributed by atoms with van der Waals surface area (Å²) in [4.78, 5) is 0. The van der Waals surface area contributed by atoms with E-state index in [-0.39, 0.29) is 5.60 Å². The minimum Gasteiger partial charge on any atom is -0.482 e. The van der Waals surface area contributed by atoms with Gasteiger partial charge in [0.25, 0.3) is 0 Å². The minimum absolute atomic E-state index is 0.245. The molecule has 0 bridgehead atoms. The van der Waals surface area contributed by atoms with E-state index in [0.29, 0.717) is 0 Å². The monoisotopic (exact) mass is 213 g/mol. The van der Waals surface area contributed by atoms with E-state index in [2.05, 4.69) is 49.9 Å². The number of fused-ring (bicyclic) bond motifs is 3. The van der Waals surface area contributed by atoms with Crippen LogP contribution in [0.5, 0.6) is 5.75 Å². The van der Waals surface area contributed by atoms with Crippen LogP contribution in [0.4, 0.5) is 0 Å². The molecule has 0 radical (unpaired) electrons. The largest absolute Gasteiger partial charge is 0.482 e. The molecule has 0 fully saturated rings. The summed E-state index contributed by atoms with van der Waals surface area (Å²) in [6.07, 6.45) is 2.10. The first-order chi connectivity index (χ1) is 7.59. The Balaban J connectivity index is 2.36. The fourth-order valence-corrected chi connectivity index (χ4v) is 2.43. The van der Waals surface area contributed by atoms with E-state index in [1.165, 1.54) is 16.8 Å². The Labute approximate surface area is 95.5 Å². The summed E-state index contributed by atoms with van der Waals surface area (Å²) < 4.78 is 8.21. The van der Waals surface area contributed by atoms with Crippen LogP contribution in [0.25, 0.3) is 11.3 Å². The molecule has 1 aliphatic heterocycles. The fourth-order valence-electron chi connectivity index (χ4n) is 2.43. The molecule has 0 saturated carbocycles. The number of para-hydroxylation sites is 1. The van der Waals surface area contributed by atoms with Gasteiger partial charge in [-0.3, -0.25) is 0 Å². The Morgan fingerprint density at radius 3 is 2.69 bits per heavy atom. The number of ether oxygens (including phenoxy) is 1. The van der Waals surface area contributed by atoms with Gasteiger partial charge in [-0.2, -0.15) is 0 Å². The van der Waals surface area contributed by atoms with Gasteiger partial charge in [-0.25, -0.2) is 0 Å². The molecule has 0 N–H and O–H groups in total. The molecule has 0 aliphatic carbocycles. The van der Waals surface area contributed by atoms with Crippen LogP contribution in [-0.2, 0) is 12.6 Å². The molecule has 82 valence electrons. The molecule has 1 aromatic carbocycles. The molecule has 3 rings (SSSR count). The second-order valence-electron chi connectivity index (χ2n) is 4.80. The van der Waals surface area contributed by atoms with Crippen molar-refractivity contribution >= 4 is 0 Å². The summed E-state index contributed by atoms with van der Waals surface area (Å²) in [7, 11) is 2.08. The normalized spacial score (nSPS) is 16.2. The first-order valence-electron chi connectivity index (χ1n) is 5.54. The highest BCUT2D eigenvalue weighted by molar-refractivity contribution is 5.74. The number of aromatic nitrogens is 1. The third-order valence-electron chi connectivity index (χ3n) is 3.23. The van der Waals surface area contributed by atoms with Crippen LogP contribution in [0.3, 0.4) is 0 Å². The van der Waals surface area contributed by atoms with Gasteiger partial charge in [0, 0.05) is 24.4 Å². The van der Waals surface area contributed by atoms with Crippen molar-refractivity contribution in [2.45, 2.75) is 19.4 Å². The van der Waals surface area contributed by atoms with Crippen LogP contribution in [0.15, 0.2) is 36.5 Å². The highest BCUT2D eigenvalue weighted by Crippen LogP contribution is 2.44. The van der Waals surface area contributed by atoms with Gasteiger partial charge < -0.3 is 9.30 Å². The molecule has 2 heteroatoms. The van der Waals surface area contributed by atoms with Crippen molar-refractivity contribution < 1.29 is 4.74 Å². The highest BCUT2D eigenvalue weighted by atomic mass is 16.5. The molecule has 0 atom stereocenters. The zero-order valence-electron chi connectivity index (χ0n) is 9.82. The van der Waals surface area contributed by atoms with Crippen LogP contribution in [0, 0.1) is 0 Å². The van der Waals surface area contributed by atoms with Gasteiger partial charge in [0.05, 0.1) is 5.69 Å². The van der Waals surface area contributed by atoms with Gasteiger partial charge in [0.1, 0.15) is 11.4 Å². The summed E-state index contributed by atoms with van der Waals surface area (Å²) in [5, 5.41) is 0. The quantitative estimate of drug-likeness (QED) is 0.654. The minimum atomic E-state index is -0.245. The number of hydrogen-bond donors (Lipinski definition) is 0. The maximum absolute atomic E-state index is 6.05. The second kappa shape index (κ2) is 2.91. The molecule has 1 aliphatic rings. The molecule has 2 aromatic rings. The number of benzene rings is 1. The standard InChI is InChI=1S/C14H15NO/c1-14(2)11-8-9-15(3)13(11)10-6-4-5-7-12(10)16-14/h4-9H,1-3H3. The molecule has 2 nitrogen and oxygen atoms in total. The Hall–Kier alpha value is -1.70. The van der Waals surface area contributed by atoms with Crippen molar-refractivity contribution in [3.05, 3.63) is 42.1 Å². The zero-order valence-corrected chi connectivity index (χ0v) is 9.82. The van der Waals surface area contributed by atoms with Gasteiger partial charge in [-0.1, -0.05) is 12.1 Å². The van der Waals surface area contributed by atoms with Gasteiger partial charge in [-0.05, 0) is 32.0 Å². The molecule has 0 spiro atoms. The summed E-state index contributed by atoms with van der Waals surface area (Å²) in [5.74, 6) is 0.974. The van der Waals surface area contributed by atoms with Crippen molar-refractivity contribution in [2.75, 3.05) is 0 Å². The van der Waals surface area contributed by atoms with E-state index in [4.69, 9.17) is 4.74 Å². The van der Waals surface area contributed by atoms with E-state index >= 15 is 0 Å². The maximum Gasteiger partial charge on any atom is 0.130 e. The van der Waals surface area contributed by atoms with Crippen molar-refractivity contribution in [2.24, 2.45) is 7.05 Å². The highest BCUT2D eigenvalue weighted by Gasteiger charge is 2.33. The SMILES string of the molecule is Cn1ccc2c1-c1ccccc1OC2(C)C. The van der Waals surface area contributed by atoms with Crippen molar-refractivity contribution in [1.82, 2.24) is 4.57 Å². The lowest BCUT2D eigenvalue weighted by molar-refractivity contribution is 0.105. The Bertz CT molecular complexity index is 552. The van der Waals surface area contributed by atoms with Crippen molar-refractivity contribution in [3.8, 4) is 17.0 Å². The van der Waals surface area contributed by atoms with Gasteiger partial charge in [0.15, 0.2) is 0 Å². The number of rotatable bonds is 0. The van der Waals surface area contributed by atoms with Crippen LogP contribution in [0.1, 0.15) is 19.4 Å². The maximum atomic E-state index is 6.05. The van der Waals surface area contributed by atoms with Gasteiger partial charge in [0.2, 0.25) is 0 Å². The molecular formula is C14H15NO. The molecule has 0 unspecified atom stereocenters. The van der Waals surface area contributed by atoms with E-state index in [9.17, 15) is 0 Å². The number of hydrogen-bond acceptors (Lipinski definition) is 1. The average molecular weight is 213 g/mol. The summed E-state index contributed by atoms with van der Waals surface area (Å²) in [6, 6.07) is 10.4. The van der Waals surface area contributed by atoms with E-state index in [1.54, 1.807) is 0 Å². The lowest BCUT2D eigenvalue weighted by atomic mass is 9.91. The number of aryl methyl sites for hydroxylation is 1. The molecular weight excluding hydrogens is 198 g/mol. The van der Waals surface area contributed by atoms with Crippen molar-refractivity contribution in [1.29, 1.82) is 0 Å². The topological polar surface area (TPSA) is 14.2 Å².